The Balaban J connectivity index is 1.55. The van der Waals surface area contributed by atoms with Crippen LogP contribution in [0.4, 0.5) is 0 Å². The Kier molecular flexibility index (Phi) is 6.70. The predicted octanol–water partition coefficient (Wildman–Crippen LogP) is 7.56. The summed E-state index contributed by atoms with van der Waals surface area (Å²) in [5, 5.41) is 18.0. The van der Waals surface area contributed by atoms with Crippen molar-refractivity contribution < 1.29 is 0 Å². The summed E-state index contributed by atoms with van der Waals surface area (Å²) in [6.45, 7) is 0. The van der Waals surface area contributed by atoms with Crippen LogP contribution in [0.15, 0.2) is 84.9 Å². The summed E-state index contributed by atoms with van der Waals surface area (Å²) >= 11 is 4.77. The molecule has 0 bridgehead atoms. The van der Waals surface area contributed by atoms with Crippen LogP contribution < -0.4 is 0 Å². The van der Waals surface area contributed by atoms with Crippen molar-refractivity contribution in [3.05, 3.63) is 114 Å². The predicted molar refractivity (Wildman–Crippen MR) is 141 cm³/mol. The molecule has 0 radical (unpaired) electrons. The number of halogens is 2. The molecule has 0 amide bonds. The standard InChI is InChI=1S/C27H16I2N2/c28-26-14-20(5-11-24(26)22-7-1-18(16-30)2-8-22)13-21-6-12-25(27(29)15-21)23-9-3-19(17-31)4-10-23/h1-12,14-15H,13H2. The van der Waals surface area contributed by atoms with Gasteiger partial charge in [-0.05, 0) is 121 Å². The van der Waals surface area contributed by atoms with E-state index in [0.29, 0.717) is 11.1 Å². The molecule has 0 aliphatic heterocycles. The highest BCUT2D eigenvalue weighted by molar-refractivity contribution is 14.1. The number of hydrogen-bond donors (Lipinski definition) is 0. The van der Waals surface area contributed by atoms with E-state index in [1.54, 1.807) is 0 Å². The van der Waals surface area contributed by atoms with Crippen molar-refractivity contribution in [2.24, 2.45) is 0 Å². The van der Waals surface area contributed by atoms with Crippen LogP contribution >= 0.6 is 45.2 Å². The lowest BCUT2D eigenvalue weighted by molar-refractivity contribution is 1.18. The minimum absolute atomic E-state index is 0.675. The first kappa shape index (κ1) is 21.5. The van der Waals surface area contributed by atoms with Crippen LogP contribution in [-0.2, 0) is 6.42 Å². The van der Waals surface area contributed by atoms with Gasteiger partial charge in [0.25, 0.3) is 0 Å². The van der Waals surface area contributed by atoms with Gasteiger partial charge in [0.1, 0.15) is 0 Å². The normalized spacial score (nSPS) is 10.3. The topological polar surface area (TPSA) is 47.6 Å². The van der Waals surface area contributed by atoms with Gasteiger partial charge in [-0.3, -0.25) is 0 Å². The average Bonchev–Trinajstić information content (AvgIpc) is 2.80. The van der Waals surface area contributed by atoms with E-state index in [1.165, 1.54) is 29.4 Å². The molecule has 0 aliphatic carbocycles. The van der Waals surface area contributed by atoms with Crippen LogP contribution in [0.25, 0.3) is 22.3 Å². The van der Waals surface area contributed by atoms with Crippen LogP contribution in [0.2, 0.25) is 0 Å². The van der Waals surface area contributed by atoms with Crippen molar-refractivity contribution >= 4 is 45.2 Å². The Labute approximate surface area is 209 Å². The van der Waals surface area contributed by atoms with Gasteiger partial charge in [0, 0.05) is 7.14 Å². The van der Waals surface area contributed by atoms with Gasteiger partial charge in [0.2, 0.25) is 0 Å². The SMILES string of the molecule is N#Cc1ccc(-c2ccc(Cc3ccc(-c4ccc(C#N)cc4)c(I)c3)cc2I)cc1. The fraction of sp³-hybridized carbons (Fsp3) is 0.0370. The summed E-state index contributed by atoms with van der Waals surface area (Å²) in [4.78, 5) is 0. The molecular formula is C27H16I2N2. The van der Waals surface area contributed by atoms with Crippen molar-refractivity contribution in [3.8, 4) is 34.4 Å². The van der Waals surface area contributed by atoms with E-state index < -0.39 is 0 Å². The Bertz CT molecular complexity index is 1220. The quantitative estimate of drug-likeness (QED) is 0.221. The molecule has 0 aliphatic rings. The summed E-state index contributed by atoms with van der Waals surface area (Å²) in [5.41, 5.74) is 8.49. The molecule has 0 aromatic heterocycles. The molecule has 0 saturated heterocycles. The number of nitriles is 2. The van der Waals surface area contributed by atoms with Crippen molar-refractivity contribution in [2.75, 3.05) is 0 Å². The van der Waals surface area contributed by atoms with Gasteiger partial charge in [0.05, 0.1) is 23.3 Å². The Morgan fingerprint density at radius 3 is 1.26 bits per heavy atom. The molecule has 4 rings (SSSR count). The highest BCUT2D eigenvalue weighted by atomic mass is 127. The molecule has 0 unspecified atom stereocenters. The summed E-state index contributed by atoms with van der Waals surface area (Å²) in [6, 6.07) is 32.9. The summed E-state index contributed by atoms with van der Waals surface area (Å²) < 4.78 is 2.40. The maximum atomic E-state index is 8.99. The van der Waals surface area contributed by atoms with Crippen LogP contribution in [0.1, 0.15) is 22.3 Å². The van der Waals surface area contributed by atoms with Crippen LogP contribution in [0.3, 0.4) is 0 Å². The molecule has 0 atom stereocenters. The zero-order valence-corrected chi connectivity index (χ0v) is 20.8. The molecule has 148 valence electrons. The highest BCUT2D eigenvalue weighted by Gasteiger charge is 2.08. The lowest BCUT2D eigenvalue weighted by atomic mass is 9.98. The zero-order chi connectivity index (χ0) is 21.8. The van der Waals surface area contributed by atoms with E-state index in [1.807, 2.05) is 48.5 Å². The average molecular weight is 622 g/mol. The van der Waals surface area contributed by atoms with Gasteiger partial charge in [-0.25, -0.2) is 0 Å². The molecule has 31 heavy (non-hydrogen) atoms. The van der Waals surface area contributed by atoms with Gasteiger partial charge in [-0.2, -0.15) is 10.5 Å². The van der Waals surface area contributed by atoms with E-state index in [4.69, 9.17) is 10.5 Å². The Morgan fingerprint density at radius 2 is 0.935 bits per heavy atom. The van der Waals surface area contributed by atoms with Gasteiger partial charge >= 0.3 is 0 Å². The molecule has 0 spiro atoms. The fourth-order valence-electron chi connectivity index (χ4n) is 3.49. The number of nitrogens with zero attached hydrogens (tertiary/aromatic N) is 2. The second-order valence-corrected chi connectivity index (χ2v) is 9.51. The minimum Gasteiger partial charge on any atom is -0.192 e. The molecule has 0 N–H and O–H groups in total. The van der Waals surface area contributed by atoms with Crippen molar-refractivity contribution in [1.29, 1.82) is 10.5 Å². The monoisotopic (exact) mass is 622 g/mol. The third-order valence-corrected chi connectivity index (χ3v) is 6.91. The molecule has 4 aromatic rings. The lowest BCUT2D eigenvalue weighted by Crippen LogP contribution is -1.93. The first-order chi connectivity index (χ1) is 15.1. The maximum Gasteiger partial charge on any atom is 0.0991 e. The smallest absolute Gasteiger partial charge is 0.0991 e. The molecule has 4 heteroatoms. The van der Waals surface area contributed by atoms with E-state index >= 15 is 0 Å². The molecule has 0 heterocycles. The van der Waals surface area contributed by atoms with E-state index in [0.717, 1.165) is 17.5 Å². The molecule has 0 saturated carbocycles. The first-order valence-electron chi connectivity index (χ1n) is 9.65. The third kappa shape index (κ3) is 4.98. The van der Waals surface area contributed by atoms with Crippen LogP contribution in [-0.4, -0.2) is 0 Å². The van der Waals surface area contributed by atoms with Gasteiger partial charge in [0.15, 0.2) is 0 Å². The largest absolute Gasteiger partial charge is 0.192 e. The Morgan fingerprint density at radius 1 is 0.548 bits per heavy atom. The van der Waals surface area contributed by atoms with E-state index in [9.17, 15) is 0 Å². The number of rotatable bonds is 4. The molecular weight excluding hydrogens is 606 g/mol. The number of hydrogen-bond acceptors (Lipinski definition) is 2. The molecule has 0 fully saturated rings. The second-order valence-electron chi connectivity index (χ2n) is 7.18. The maximum absolute atomic E-state index is 8.99. The molecule has 2 nitrogen and oxygen atoms in total. The summed E-state index contributed by atoms with van der Waals surface area (Å²) in [5.74, 6) is 0. The zero-order valence-electron chi connectivity index (χ0n) is 16.4. The lowest BCUT2D eigenvalue weighted by Gasteiger charge is -2.10. The van der Waals surface area contributed by atoms with Crippen LogP contribution in [0, 0.1) is 29.8 Å². The Hall–Kier alpha value is -2.68. The third-order valence-electron chi connectivity index (χ3n) is 5.13. The van der Waals surface area contributed by atoms with E-state index in [-0.39, 0.29) is 0 Å². The highest BCUT2D eigenvalue weighted by Crippen LogP contribution is 2.29. The van der Waals surface area contributed by atoms with Crippen molar-refractivity contribution in [1.82, 2.24) is 0 Å². The minimum atomic E-state index is 0.675. The van der Waals surface area contributed by atoms with Crippen molar-refractivity contribution in [3.63, 3.8) is 0 Å². The van der Waals surface area contributed by atoms with E-state index in [2.05, 4.69) is 93.7 Å². The van der Waals surface area contributed by atoms with Gasteiger partial charge in [-0.1, -0.05) is 48.5 Å². The molecule has 4 aromatic carbocycles. The summed E-state index contributed by atoms with van der Waals surface area (Å²) in [7, 11) is 0. The second kappa shape index (κ2) is 9.64. The van der Waals surface area contributed by atoms with Gasteiger partial charge < -0.3 is 0 Å². The summed E-state index contributed by atoms with van der Waals surface area (Å²) in [6.07, 6.45) is 0.868. The van der Waals surface area contributed by atoms with Crippen LogP contribution in [0.5, 0.6) is 0 Å². The number of benzene rings is 4. The van der Waals surface area contributed by atoms with Crippen molar-refractivity contribution in [2.45, 2.75) is 6.42 Å². The van der Waals surface area contributed by atoms with Gasteiger partial charge in [-0.15, -0.1) is 0 Å². The fourth-order valence-corrected chi connectivity index (χ4v) is 5.27. The first-order valence-corrected chi connectivity index (χ1v) is 11.8.